The minimum atomic E-state index is 0.690. The number of benzene rings is 1. The molecule has 3 heterocycles. The summed E-state index contributed by atoms with van der Waals surface area (Å²) < 4.78 is 2.33. The topological polar surface area (TPSA) is 42.7 Å². The van der Waals surface area contributed by atoms with Gasteiger partial charge in [-0.3, -0.25) is 0 Å². The van der Waals surface area contributed by atoms with Crippen LogP contribution in [0.2, 0.25) is 0 Å². The number of piperidine rings is 1. The first-order valence-corrected chi connectivity index (χ1v) is 8.81. The van der Waals surface area contributed by atoms with Gasteiger partial charge in [-0.15, -0.1) is 0 Å². The molecule has 0 spiro atoms. The molecule has 24 heavy (non-hydrogen) atoms. The molecule has 4 nitrogen and oxygen atoms in total. The number of pyridine rings is 1. The van der Waals surface area contributed by atoms with Crippen LogP contribution in [0.3, 0.4) is 0 Å². The minimum absolute atomic E-state index is 0.690. The lowest BCUT2D eigenvalue weighted by molar-refractivity contribution is 0.337. The largest absolute Gasteiger partial charge is 0.317 e. The van der Waals surface area contributed by atoms with E-state index in [1.807, 2.05) is 6.20 Å². The molecular formula is C20H24N4. The van der Waals surface area contributed by atoms with E-state index in [9.17, 15) is 0 Å². The van der Waals surface area contributed by atoms with Crippen LogP contribution < -0.4 is 5.32 Å². The molecule has 1 aromatic carbocycles. The van der Waals surface area contributed by atoms with Gasteiger partial charge in [-0.25, -0.2) is 9.97 Å². The number of fused-ring (bicyclic) bond motifs is 1. The highest BCUT2D eigenvalue weighted by Gasteiger charge is 2.19. The van der Waals surface area contributed by atoms with Crippen molar-refractivity contribution in [1.29, 1.82) is 0 Å². The zero-order valence-corrected chi connectivity index (χ0v) is 14.4. The Bertz CT molecular complexity index is 859. The Hall–Kier alpha value is -2.20. The fraction of sp³-hybridized carbons (Fsp3) is 0.400. The number of nitrogens with zero attached hydrogens (tertiary/aromatic N) is 3. The first-order chi connectivity index (χ1) is 11.7. The average molecular weight is 320 g/mol. The molecule has 2 aromatic heterocycles. The summed E-state index contributed by atoms with van der Waals surface area (Å²) in [5, 5.41) is 3.45. The van der Waals surface area contributed by atoms with Crippen molar-refractivity contribution in [3.05, 3.63) is 47.7 Å². The maximum atomic E-state index is 4.94. The Balaban J connectivity index is 1.83. The summed E-state index contributed by atoms with van der Waals surface area (Å²) in [6, 6.07) is 10.7. The minimum Gasteiger partial charge on any atom is -0.317 e. The predicted molar refractivity (Wildman–Crippen MR) is 98.0 cm³/mol. The maximum absolute atomic E-state index is 4.94. The second kappa shape index (κ2) is 6.36. The van der Waals surface area contributed by atoms with Gasteiger partial charge in [-0.2, -0.15) is 0 Å². The number of imidazole rings is 1. The van der Waals surface area contributed by atoms with E-state index >= 15 is 0 Å². The van der Waals surface area contributed by atoms with E-state index in [2.05, 4.69) is 54.1 Å². The molecule has 124 valence electrons. The van der Waals surface area contributed by atoms with Crippen molar-refractivity contribution in [3.63, 3.8) is 0 Å². The molecule has 1 aliphatic rings. The van der Waals surface area contributed by atoms with Gasteiger partial charge in [-0.1, -0.05) is 23.8 Å². The summed E-state index contributed by atoms with van der Waals surface area (Å²) in [6.45, 7) is 7.43. The highest BCUT2D eigenvalue weighted by molar-refractivity contribution is 5.77. The Morgan fingerprint density at radius 1 is 1.12 bits per heavy atom. The molecule has 1 N–H and O–H groups in total. The lowest BCUT2D eigenvalue weighted by atomic mass is 9.98. The highest BCUT2D eigenvalue weighted by atomic mass is 15.1. The Kier molecular flexibility index (Phi) is 4.07. The van der Waals surface area contributed by atoms with Crippen molar-refractivity contribution in [2.75, 3.05) is 13.1 Å². The van der Waals surface area contributed by atoms with Crippen molar-refractivity contribution < 1.29 is 0 Å². The van der Waals surface area contributed by atoms with Crippen LogP contribution in [0.5, 0.6) is 0 Å². The maximum Gasteiger partial charge on any atom is 0.160 e. The van der Waals surface area contributed by atoms with E-state index in [-0.39, 0.29) is 0 Å². The van der Waals surface area contributed by atoms with Crippen molar-refractivity contribution in [1.82, 2.24) is 19.9 Å². The van der Waals surface area contributed by atoms with Gasteiger partial charge < -0.3 is 9.88 Å². The van der Waals surface area contributed by atoms with Gasteiger partial charge in [0.15, 0.2) is 5.65 Å². The number of hydrogen-bond donors (Lipinski definition) is 1. The molecule has 1 fully saturated rings. The molecule has 0 amide bonds. The fourth-order valence-electron chi connectivity index (χ4n) is 3.61. The van der Waals surface area contributed by atoms with E-state index < -0.39 is 0 Å². The van der Waals surface area contributed by atoms with Crippen LogP contribution in [0.15, 0.2) is 36.5 Å². The second-order valence-corrected chi connectivity index (χ2v) is 6.96. The monoisotopic (exact) mass is 320 g/mol. The molecule has 0 saturated carbocycles. The summed E-state index contributed by atoms with van der Waals surface area (Å²) in [7, 11) is 0. The molecule has 0 radical (unpaired) electrons. The van der Waals surface area contributed by atoms with Crippen LogP contribution in [0.4, 0.5) is 0 Å². The van der Waals surface area contributed by atoms with E-state index in [1.165, 1.54) is 24.0 Å². The number of aryl methyl sites for hydroxylation is 2. The zero-order valence-electron chi connectivity index (χ0n) is 14.4. The van der Waals surface area contributed by atoms with Crippen LogP contribution in [0.25, 0.3) is 22.6 Å². The quantitative estimate of drug-likeness (QED) is 0.800. The van der Waals surface area contributed by atoms with E-state index in [4.69, 9.17) is 9.97 Å². The lowest BCUT2D eigenvalue weighted by Crippen LogP contribution is -2.30. The van der Waals surface area contributed by atoms with Gasteiger partial charge in [0.25, 0.3) is 0 Å². The molecule has 0 aliphatic carbocycles. The molecule has 0 bridgehead atoms. The SMILES string of the molecule is Cc1cccc(-c2nc3cc(C)cnc3n2CC2CCNCC2)c1. The van der Waals surface area contributed by atoms with Gasteiger partial charge in [0, 0.05) is 18.3 Å². The summed E-state index contributed by atoms with van der Waals surface area (Å²) in [6.07, 6.45) is 4.39. The number of rotatable bonds is 3. The summed E-state index contributed by atoms with van der Waals surface area (Å²) in [4.78, 5) is 9.63. The van der Waals surface area contributed by atoms with Gasteiger partial charge in [0.2, 0.25) is 0 Å². The van der Waals surface area contributed by atoms with Crippen molar-refractivity contribution >= 4 is 11.2 Å². The van der Waals surface area contributed by atoms with Gasteiger partial charge >= 0.3 is 0 Å². The van der Waals surface area contributed by atoms with Crippen LogP contribution in [-0.4, -0.2) is 27.6 Å². The third kappa shape index (κ3) is 2.94. The first kappa shape index (κ1) is 15.3. The van der Waals surface area contributed by atoms with E-state index in [0.717, 1.165) is 42.2 Å². The number of nitrogens with one attached hydrogen (secondary N) is 1. The van der Waals surface area contributed by atoms with Gasteiger partial charge in [0.1, 0.15) is 11.3 Å². The second-order valence-electron chi connectivity index (χ2n) is 6.96. The fourth-order valence-corrected chi connectivity index (χ4v) is 3.61. The van der Waals surface area contributed by atoms with Crippen molar-refractivity contribution in [3.8, 4) is 11.4 Å². The molecule has 1 aliphatic heterocycles. The molecule has 0 unspecified atom stereocenters. The third-order valence-electron chi connectivity index (χ3n) is 4.90. The zero-order chi connectivity index (χ0) is 16.5. The van der Waals surface area contributed by atoms with Crippen molar-refractivity contribution in [2.45, 2.75) is 33.2 Å². The van der Waals surface area contributed by atoms with Crippen LogP contribution in [-0.2, 0) is 6.54 Å². The Morgan fingerprint density at radius 3 is 2.75 bits per heavy atom. The Labute approximate surface area is 142 Å². The molecule has 0 atom stereocenters. The molecule has 3 aromatic rings. The summed E-state index contributed by atoms with van der Waals surface area (Å²) >= 11 is 0. The Morgan fingerprint density at radius 2 is 1.96 bits per heavy atom. The smallest absolute Gasteiger partial charge is 0.160 e. The predicted octanol–water partition coefficient (Wildman–Crippen LogP) is 3.71. The summed E-state index contributed by atoms with van der Waals surface area (Å²) in [5.41, 5.74) is 5.61. The van der Waals surface area contributed by atoms with Gasteiger partial charge in [-0.05, 0) is 63.4 Å². The molecule has 4 rings (SSSR count). The van der Waals surface area contributed by atoms with Crippen LogP contribution >= 0.6 is 0 Å². The average Bonchev–Trinajstić information content (AvgIpc) is 2.93. The number of aromatic nitrogens is 3. The van der Waals surface area contributed by atoms with Gasteiger partial charge in [0.05, 0.1) is 0 Å². The molecule has 4 heteroatoms. The van der Waals surface area contributed by atoms with Crippen LogP contribution in [0.1, 0.15) is 24.0 Å². The normalized spacial score (nSPS) is 15.9. The summed E-state index contributed by atoms with van der Waals surface area (Å²) in [5.74, 6) is 1.74. The molecule has 1 saturated heterocycles. The third-order valence-corrected chi connectivity index (χ3v) is 4.90. The molecular weight excluding hydrogens is 296 g/mol. The first-order valence-electron chi connectivity index (χ1n) is 8.81. The van der Waals surface area contributed by atoms with E-state index in [1.54, 1.807) is 0 Å². The lowest BCUT2D eigenvalue weighted by Gasteiger charge is -2.24. The standard InChI is InChI=1S/C20H24N4/c1-14-4-3-5-17(10-14)19-23-18-11-15(2)12-22-20(18)24(19)13-16-6-8-21-9-7-16/h3-5,10-12,16,21H,6-9,13H2,1-2H3. The van der Waals surface area contributed by atoms with E-state index in [0.29, 0.717) is 5.92 Å². The van der Waals surface area contributed by atoms with Crippen molar-refractivity contribution in [2.24, 2.45) is 5.92 Å². The highest BCUT2D eigenvalue weighted by Crippen LogP contribution is 2.27. The van der Waals surface area contributed by atoms with Crippen LogP contribution in [0, 0.1) is 19.8 Å². The number of hydrogen-bond acceptors (Lipinski definition) is 3.